The summed E-state index contributed by atoms with van der Waals surface area (Å²) in [7, 11) is 0. The molecular weight excluding hydrogens is 193 g/mol. The zero-order valence-corrected chi connectivity index (χ0v) is 8.92. The molecule has 1 rings (SSSR count). The molecule has 0 aliphatic heterocycles. The highest BCUT2D eigenvalue weighted by molar-refractivity contribution is 5.75. The smallest absolute Gasteiger partial charge is 0.219 e. The largest absolute Gasteiger partial charge is 0.356 e. The van der Waals surface area contributed by atoms with Crippen molar-refractivity contribution in [2.45, 2.75) is 26.2 Å². The maximum absolute atomic E-state index is 12.8. The summed E-state index contributed by atoms with van der Waals surface area (Å²) < 4.78 is 12.8. The fourth-order valence-corrected chi connectivity index (χ4v) is 1.35. The van der Waals surface area contributed by atoms with E-state index >= 15 is 0 Å². The molecule has 0 fully saturated rings. The first-order valence-corrected chi connectivity index (χ1v) is 5.23. The molecule has 1 amide bonds. The molecule has 0 heterocycles. The van der Waals surface area contributed by atoms with Gasteiger partial charge in [-0.05, 0) is 30.5 Å². The van der Waals surface area contributed by atoms with E-state index in [2.05, 4.69) is 5.32 Å². The lowest BCUT2D eigenvalue weighted by Crippen LogP contribution is -2.25. The zero-order chi connectivity index (χ0) is 11.1. The quantitative estimate of drug-likeness (QED) is 0.792. The molecule has 0 aliphatic carbocycles. The standard InChI is InChI=1S/C12H16FNO/c1-2-4-12(15)14-8-7-10-5-3-6-11(13)9-10/h3,5-6,9H,2,4,7-8H2,1H3,(H,14,15). The summed E-state index contributed by atoms with van der Waals surface area (Å²) in [6.07, 6.45) is 2.09. The lowest BCUT2D eigenvalue weighted by atomic mass is 10.1. The normalized spacial score (nSPS) is 10.0. The fourth-order valence-electron chi connectivity index (χ4n) is 1.35. The Balaban J connectivity index is 2.28. The topological polar surface area (TPSA) is 29.1 Å². The van der Waals surface area contributed by atoms with Crippen LogP contribution in [0, 0.1) is 5.82 Å². The number of hydrogen-bond acceptors (Lipinski definition) is 1. The minimum absolute atomic E-state index is 0.0638. The van der Waals surface area contributed by atoms with Gasteiger partial charge in [0.1, 0.15) is 5.82 Å². The second-order valence-corrected chi connectivity index (χ2v) is 3.48. The number of halogens is 1. The Morgan fingerprint density at radius 2 is 2.27 bits per heavy atom. The van der Waals surface area contributed by atoms with Crippen LogP contribution in [0.4, 0.5) is 4.39 Å². The number of amides is 1. The van der Waals surface area contributed by atoms with Gasteiger partial charge in [0, 0.05) is 13.0 Å². The highest BCUT2D eigenvalue weighted by atomic mass is 19.1. The van der Waals surface area contributed by atoms with Crippen LogP contribution in [0.25, 0.3) is 0 Å². The number of rotatable bonds is 5. The summed E-state index contributed by atoms with van der Waals surface area (Å²) in [5.74, 6) is -0.165. The average Bonchev–Trinajstić information content (AvgIpc) is 2.18. The number of nitrogens with one attached hydrogen (secondary N) is 1. The minimum atomic E-state index is -0.229. The molecule has 1 aromatic rings. The third-order valence-electron chi connectivity index (χ3n) is 2.10. The summed E-state index contributed by atoms with van der Waals surface area (Å²) in [6, 6.07) is 6.44. The van der Waals surface area contributed by atoms with Gasteiger partial charge in [0.05, 0.1) is 0 Å². The Bertz CT molecular complexity index is 325. The SMILES string of the molecule is CCCC(=O)NCCc1cccc(F)c1. The van der Waals surface area contributed by atoms with Crippen molar-refractivity contribution < 1.29 is 9.18 Å². The molecule has 1 N–H and O–H groups in total. The van der Waals surface area contributed by atoms with E-state index in [1.807, 2.05) is 13.0 Å². The van der Waals surface area contributed by atoms with Gasteiger partial charge in [-0.15, -0.1) is 0 Å². The molecule has 3 heteroatoms. The van der Waals surface area contributed by atoms with Crippen molar-refractivity contribution in [3.05, 3.63) is 35.6 Å². The third-order valence-corrected chi connectivity index (χ3v) is 2.10. The molecule has 2 nitrogen and oxygen atoms in total. The molecule has 0 atom stereocenters. The van der Waals surface area contributed by atoms with Gasteiger partial charge in [-0.1, -0.05) is 19.1 Å². The van der Waals surface area contributed by atoms with E-state index in [0.717, 1.165) is 12.0 Å². The predicted octanol–water partition coefficient (Wildman–Crippen LogP) is 2.28. The van der Waals surface area contributed by atoms with Crippen LogP contribution >= 0.6 is 0 Å². The van der Waals surface area contributed by atoms with Gasteiger partial charge >= 0.3 is 0 Å². The summed E-state index contributed by atoms with van der Waals surface area (Å²) in [5, 5.41) is 2.79. The van der Waals surface area contributed by atoms with Crippen LogP contribution in [0.5, 0.6) is 0 Å². The second kappa shape index (κ2) is 6.17. The van der Waals surface area contributed by atoms with Crippen LogP contribution in [0.15, 0.2) is 24.3 Å². The molecule has 0 aliphatic rings. The Hall–Kier alpha value is -1.38. The van der Waals surface area contributed by atoms with E-state index in [0.29, 0.717) is 19.4 Å². The van der Waals surface area contributed by atoms with Crippen LogP contribution in [0.2, 0.25) is 0 Å². The molecule has 0 bridgehead atoms. The Labute approximate surface area is 89.5 Å². The first-order chi connectivity index (χ1) is 7.22. The highest BCUT2D eigenvalue weighted by Gasteiger charge is 1.99. The molecule has 15 heavy (non-hydrogen) atoms. The van der Waals surface area contributed by atoms with Crippen molar-refractivity contribution in [1.82, 2.24) is 5.32 Å². The first-order valence-electron chi connectivity index (χ1n) is 5.23. The van der Waals surface area contributed by atoms with Crippen molar-refractivity contribution >= 4 is 5.91 Å². The molecule has 0 aromatic heterocycles. The fraction of sp³-hybridized carbons (Fsp3) is 0.417. The predicted molar refractivity (Wildman–Crippen MR) is 58.0 cm³/mol. The molecule has 82 valence electrons. The minimum Gasteiger partial charge on any atom is -0.356 e. The Morgan fingerprint density at radius 3 is 2.93 bits per heavy atom. The molecule has 0 saturated carbocycles. The summed E-state index contributed by atoms with van der Waals surface area (Å²) >= 11 is 0. The van der Waals surface area contributed by atoms with Crippen LogP contribution in [-0.2, 0) is 11.2 Å². The monoisotopic (exact) mass is 209 g/mol. The van der Waals surface area contributed by atoms with Crippen molar-refractivity contribution in [1.29, 1.82) is 0 Å². The van der Waals surface area contributed by atoms with Gasteiger partial charge in [-0.25, -0.2) is 4.39 Å². The van der Waals surface area contributed by atoms with Gasteiger partial charge in [0.15, 0.2) is 0 Å². The van der Waals surface area contributed by atoms with E-state index < -0.39 is 0 Å². The van der Waals surface area contributed by atoms with Gasteiger partial charge in [0.25, 0.3) is 0 Å². The van der Waals surface area contributed by atoms with E-state index in [1.54, 1.807) is 6.07 Å². The van der Waals surface area contributed by atoms with Crippen LogP contribution in [0.3, 0.4) is 0 Å². The van der Waals surface area contributed by atoms with Crippen molar-refractivity contribution in [2.24, 2.45) is 0 Å². The number of carbonyl (C=O) groups is 1. The summed E-state index contributed by atoms with van der Waals surface area (Å²) in [6.45, 7) is 2.54. The lowest BCUT2D eigenvalue weighted by molar-refractivity contribution is -0.121. The summed E-state index contributed by atoms with van der Waals surface area (Å²) in [4.78, 5) is 11.1. The Kier molecular flexibility index (Phi) is 4.81. The maximum Gasteiger partial charge on any atom is 0.219 e. The molecule has 0 unspecified atom stereocenters. The van der Waals surface area contributed by atoms with Gasteiger partial charge in [-0.2, -0.15) is 0 Å². The van der Waals surface area contributed by atoms with Crippen LogP contribution < -0.4 is 5.32 Å². The van der Waals surface area contributed by atoms with Crippen molar-refractivity contribution in [2.75, 3.05) is 6.54 Å². The third kappa shape index (κ3) is 4.58. The number of benzene rings is 1. The van der Waals surface area contributed by atoms with Crippen molar-refractivity contribution in [3.63, 3.8) is 0 Å². The molecular formula is C12H16FNO. The van der Waals surface area contributed by atoms with Crippen LogP contribution in [-0.4, -0.2) is 12.5 Å². The van der Waals surface area contributed by atoms with Gasteiger partial charge < -0.3 is 5.32 Å². The molecule has 1 aromatic carbocycles. The zero-order valence-electron chi connectivity index (χ0n) is 8.92. The van der Waals surface area contributed by atoms with E-state index in [4.69, 9.17) is 0 Å². The number of carbonyl (C=O) groups excluding carboxylic acids is 1. The van der Waals surface area contributed by atoms with E-state index in [-0.39, 0.29) is 11.7 Å². The van der Waals surface area contributed by atoms with Gasteiger partial charge in [0.2, 0.25) is 5.91 Å². The van der Waals surface area contributed by atoms with E-state index in [9.17, 15) is 9.18 Å². The average molecular weight is 209 g/mol. The number of hydrogen-bond donors (Lipinski definition) is 1. The summed E-state index contributed by atoms with van der Waals surface area (Å²) in [5.41, 5.74) is 0.909. The maximum atomic E-state index is 12.8. The first kappa shape index (κ1) is 11.7. The second-order valence-electron chi connectivity index (χ2n) is 3.48. The molecule has 0 spiro atoms. The van der Waals surface area contributed by atoms with E-state index in [1.165, 1.54) is 12.1 Å². The lowest BCUT2D eigenvalue weighted by Gasteiger charge is -2.04. The highest BCUT2D eigenvalue weighted by Crippen LogP contribution is 2.03. The Morgan fingerprint density at radius 1 is 1.47 bits per heavy atom. The molecule has 0 saturated heterocycles. The van der Waals surface area contributed by atoms with Gasteiger partial charge in [-0.3, -0.25) is 4.79 Å². The molecule has 0 radical (unpaired) electrons. The van der Waals surface area contributed by atoms with Crippen LogP contribution in [0.1, 0.15) is 25.3 Å². The van der Waals surface area contributed by atoms with Crippen molar-refractivity contribution in [3.8, 4) is 0 Å².